The molecular weight excluding hydrogens is 396 g/mol. The zero-order valence-electron chi connectivity index (χ0n) is 13.9. The summed E-state index contributed by atoms with van der Waals surface area (Å²) in [7, 11) is 4.74. The van der Waals surface area contributed by atoms with Crippen molar-refractivity contribution in [2.75, 3.05) is 34.4 Å². The second-order valence-electron chi connectivity index (χ2n) is 5.27. The summed E-state index contributed by atoms with van der Waals surface area (Å²) in [5, 5.41) is 7.11. The molecule has 2 rings (SSSR count). The van der Waals surface area contributed by atoms with Gasteiger partial charge in [-0.15, -0.1) is 0 Å². The molecule has 1 N–H and O–H groups in total. The highest BCUT2D eigenvalue weighted by molar-refractivity contribution is 9.10. The summed E-state index contributed by atoms with van der Waals surface area (Å²) < 4.78 is 11.4. The molecule has 10 heteroatoms. The zero-order chi connectivity index (χ0) is 18.6. The molecule has 1 aliphatic heterocycles. The molecule has 0 radical (unpaired) electrons. The first-order chi connectivity index (χ1) is 11.8. The Kier molecular flexibility index (Phi) is 5.97. The fraction of sp³-hybridized carbons (Fsp3) is 0.333. The maximum atomic E-state index is 11.7. The molecule has 0 bridgehead atoms. The van der Waals surface area contributed by atoms with Gasteiger partial charge in [-0.25, -0.2) is 9.80 Å². The lowest BCUT2D eigenvalue weighted by atomic mass is 10.2. The minimum atomic E-state index is -0.575. The van der Waals surface area contributed by atoms with Crippen molar-refractivity contribution in [2.45, 2.75) is 0 Å². The molecule has 1 saturated heterocycles. The SMILES string of the molecule is COc1cc(/C=N\N2CC(=O)NC2=O)cc(Br)c1OCC(=O)N(C)C. The molecule has 0 aromatic heterocycles. The Balaban J connectivity index is 2.16. The van der Waals surface area contributed by atoms with E-state index in [-0.39, 0.29) is 19.1 Å². The summed E-state index contributed by atoms with van der Waals surface area (Å²) >= 11 is 3.36. The van der Waals surface area contributed by atoms with Crippen molar-refractivity contribution in [3.8, 4) is 11.5 Å². The van der Waals surface area contributed by atoms with Crippen molar-refractivity contribution >= 4 is 40.0 Å². The molecule has 0 saturated carbocycles. The summed E-state index contributed by atoms with van der Waals surface area (Å²) in [5.41, 5.74) is 0.613. The number of urea groups is 1. The van der Waals surface area contributed by atoms with E-state index in [0.29, 0.717) is 21.5 Å². The van der Waals surface area contributed by atoms with E-state index in [1.54, 1.807) is 26.2 Å². The van der Waals surface area contributed by atoms with E-state index < -0.39 is 11.9 Å². The van der Waals surface area contributed by atoms with Gasteiger partial charge in [-0.05, 0) is 33.6 Å². The average Bonchev–Trinajstić information content (AvgIpc) is 2.88. The molecule has 1 heterocycles. The van der Waals surface area contributed by atoms with Crippen molar-refractivity contribution in [3.63, 3.8) is 0 Å². The molecule has 9 nitrogen and oxygen atoms in total. The number of nitrogens with one attached hydrogen (secondary N) is 1. The Bertz CT molecular complexity index is 735. The number of carbonyl (C=O) groups is 3. The zero-order valence-corrected chi connectivity index (χ0v) is 15.5. The second kappa shape index (κ2) is 7.97. The first-order valence-corrected chi connectivity index (χ1v) is 7.97. The molecule has 25 heavy (non-hydrogen) atoms. The van der Waals surface area contributed by atoms with Crippen LogP contribution in [0.5, 0.6) is 11.5 Å². The maximum Gasteiger partial charge on any atom is 0.344 e. The predicted molar refractivity (Wildman–Crippen MR) is 92.7 cm³/mol. The van der Waals surface area contributed by atoms with Crippen LogP contribution in [0.15, 0.2) is 21.7 Å². The van der Waals surface area contributed by atoms with Crippen LogP contribution in [0, 0.1) is 0 Å². The van der Waals surface area contributed by atoms with Crippen LogP contribution in [0.25, 0.3) is 0 Å². The normalized spacial score (nSPS) is 14.0. The van der Waals surface area contributed by atoms with Gasteiger partial charge in [-0.2, -0.15) is 5.10 Å². The Hall–Kier alpha value is -2.62. The lowest BCUT2D eigenvalue weighted by Crippen LogP contribution is -2.27. The van der Waals surface area contributed by atoms with Crippen molar-refractivity contribution in [1.29, 1.82) is 0 Å². The molecule has 134 valence electrons. The van der Waals surface area contributed by atoms with Crippen LogP contribution in [0.1, 0.15) is 5.56 Å². The van der Waals surface area contributed by atoms with Gasteiger partial charge >= 0.3 is 6.03 Å². The smallest absolute Gasteiger partial charge is 0.344 e. The number of methoxy groups -OCH3 is 1. The number of carbonyl (C=O) groups excluding carboxylic acids is 3. The van der Waals surface area contributed by atoms with Crippen LogP contribution in [0.2, 0.25) is 0 Å². The van der Waals surface area contributed by atoms with Crippen LogP contribution in [0.4, 0.5) is 4.79 Å². The van der Waals surface area contributed by atoms with Gasteiger partial charge < -0.3 is 14.4 Å². The molecule has 0 unspecified atom stereocenters. The molecule has 0 spiro atoms. The van der Waals surface area contributed by atoms with Gasteiger partial charge in [0.2, 0.25) is 5.91 Å². The van der Waals surface area contributed by atoms with Gasteiger partial charge in [0, 0.05) is 14.1 Å². The van der Waals surface area contributed by atoms with E-state index in [4.69, 9.17) is 9.47 Å². The van der Waals surface area contributed by atoms with Crippen molar-refractivity contribution < 1.29 is 23.9 Å². The fourth-order valence-electron chi connectivity index (χ4n) is 1.88. The van der Waals surface area contributed by atoms with E-state index in [1.807, 2.05) is 0 Å². The lowest BCUT2D eigenvalue weighted by molar-refractivity contribution is -0.130. The molecule has 1 aromatic rings. The molecular formula is C15H17BrN4O5. The van der Waals surface area contributed by atoms with Gasteiger partial charge in [0.25, 0.3) is 5.91 Å². The Morgan fingerprint density at radius 2 is 2.16 bits per heavy atom. The number of hydrogen-bond donors (Lipinski definition) is 1. The third-order valence-corrected chi connectivity index (χ3v) is 3.80. The summed E-state index contributed by atoms with van der Waals surface area (Å²) in [5.74, 6) is 0.174. The molecule has 1 fully saturated rings. The number of hydrazone groups is 1. The van der Waals surface area contributed by atoms with E-state index in [9.17, 15) is 14.4 Å². The first kappa shape index (κ1) is 18.7. The first-order valence-electron chi connectivity index (χ1n) is 7.17. The topological polar surface area (TPSA) is 101 Å². The second-order valence-corrected chi connectivity index (χ2v) is 6.12. The van der Waals surface area contributed by atoms with Crippen LogP contribution in [-0.2, 0) is 9.59 Å². The summed E-state index contributed by atoms with van der Waals surface area (Å²) in [6.07, 6.45) is 1.42. The molecule has 1 aliphatic rings. The van der Waals surface area contributed by atoms with E-state index in [1.165, 1.54) is 18.2 Å². The van der Waals surface area contributed by atoms with Crippen molar-refractivity contribution in [1.82, 2.24) is 15.2 Å². The summed E-state index contributed by atoms with van der Waals surface area (Å²) in [6, 6.07) is 2.76. The number of halogens is 1. The largest absolute Gasteiger partial charge is 0.493 e. The highest BCUT2D eigenvalue weighted by Crippen LogP contribution is 2.36. The number of benzene rings is 1. The van der Waals surface area contributed by atoms with Gasteiger partial charge in [0.15, 0.2) is 18.1 Å². The third kappa shape index (κ3) is 4.69. The third-order valence-electron chi connectivity index (χ3n) is 3.21. The molecule has 4 amide bonds. The number of nitrogens with zero attached hydrogens (tertiary/aromatic N) is 3. The Morgan fingerprint density at radius 1 is 1.44 bits per heavy atom. The molecule has 1 aromatic carbocycles. The highest BCUT2D eigenvalue weighted by Gasteiger charge is 2.26. The van der Waals surface area contributed by atoms with Crippen molar-refractivity contribution in [3.05, 3.63) is 22.2 Å². The van der Waals surface area contributed by atoms with E-state index >= 15 is 0 Å². The highest BCUT2D eigenvalue weighted by atomic mass is 79.9. The lowest BCUT2D eigenvalue weighted by Gasteiger charge is -2.15. The van der Waals surface area contributed by atoms with Gasteiger partial charge in [0.05, 0.1) is 17.8 Å². The number of likely N-dealkylation sites (N-methyl/N-ethyl adjacent to an activating group) is 1. The average molecular weight is 413 g/mol. The van der Waals surface area contributed by atoms with E-state index in [0.717, 1.165) is 5.01 Å². The molecule has 0 atom stereocenters. The van der Waals surface area contributed by atoms with Crippen LogP contribution >= 0.6 is 15.9 Å². The standard InChI is InChI=1S/C15H17BrN4O5/c1-19(2)13(22)8-25-14-10(16)4-9(5-11(14)24-3)6-17-20-7-12(21)18-15(20)23/h4-6H,7-8H2,1-3H3,(H,18,21,23)/b17-6-. The van der Waals surface area contributed by atoms with Gasteiger partial charge in [0.1, 0.15) is 6.54 Å². The quantitative estimate of drug-likeness (QED) is 0.550. The van der Waals surface area contributed by atoms with Crippen LogP contribution in [0.3, 0.4) is 0 Å². The van der Waals surface area contributed by atoms with Gasteiger partial charge in [-0.3, -0.25) is 14.9 Å². The van der Waals surface area contributed by atoms with E-state index in [2.05, 4.69) is 26.3 Å². The minimum Gasteiger partial charge on any atom is -0.493 e. The van der Waals surface area contributed by atoms with Gasteiger partial charge in [-0.1, -0.05) is 0 Å². The predicted octanol–water partition coefficient (Wildman–Crippen LogP) is 0.810. The number of hydrogen-bond acceptors (Lipinski definition) is 6. The Labute approximate surface area is 152 Å². The maximum absolute atomic E-state index is 11.7. The number of amides is 4. The van der Waals surface area contributed by atoms with Crippen LogP contribution < -0.4 is 14.8 Å². The van der Waals surface area contributed by atoms with Crippen molar-refractivity contribution in [2.24, 2.45) is 5.10 Å². The number of ether oxygens (including phenoxy) is 2. The minimum absolute atomic E-state index is 0.124. The molecule has 0 aliphatic carbocycles. The fourth-order valence-corrected chi connectivity index (χ4v) is 2.45. The van der Waals surface area contributed by atoms with Crippen LogP contribution in [-0.4, -0.2) is 68.3 Å². The monoisotopic (exact) mass is 412 g/mol. The summed E-state index contributed by atoms with van der Waals surface area (Å²) in [6.45, 7) is -0.257. The number of rotatable bonds is 6. The number of imide groups is 1. The Morgan fingerprint density at radius 3 is 2.72 bits per heavy atom. The summed E-state index contributed by atoms with van der Waals surface area (Å²) in [4.78, 5) is 35.6.